The van der Waals surface area contributed by atoms with Crippen LogP contribution in [-0.4, -0.2) is 6.71 Å². The Balaban J connectivity index is 2.10. The van der Waals surface area contributed by atoms with Crippen molar-refractivity contribution in [1.29, 1.82) is 0 Å². The Kier molecular flexibility index (Phi) is 3.19. The van der Waals surface area contributed by atoms with E-state index in [1.165, 1.54) is 38.4 Å². The third kappa shape index (κ3) is 1.99. The van der Waals surface area contributed by atoms with Crippen LogP contribution in [0.25, 0.3) is 0 Å². The largest absolute Gasteiger partial charge is 0.149 e. The van der Waals surface area contributed by atoms with Crippen molar-refractivity contribution in [2.75, 3.05) is 0 Å². The summed E-state index contributed by atoms with van der Waals surface area (Å²) in [5.74, 6) is 3.01. The maximum absolute atomic E-state index is 2.51. The summed E-state index contributed by atoms with van der Waals surface area (Å²) in [6.45, 7) is 10.9. The second-order valence-electron chi connectivity index (χ2n) is 6.87. The number of hydrogen-bond acceptors (Lipinski definition) is 0. The highest BCUT2D eigenvalue weighted by Crippen LogP contribution is 2.55. The lowest BCUT2D eigenvalue weighted by atomic mass is 9.26. The Morgan fingerprint density at radius 1 is 1.07 bits per heavy atom. The molecule has 1 aliphatic heterocycles. The lowest BCUT2D eigenvalue weighted by Crippen LogP contribution is -2.35. The number of rotatable bonds is 2. The lowest BCUT2D eigenvalue weighted by molar-refractivity contribution is 0.359. The van der Waals surface area contributed by atoms with Crippen LogP contribution < -0.4 is 0 Å². The molecule has 2 rings (SSSR count). The first-order chi connectivity index (χ1) is 7.03. The van der Waals surface area contributed by atoms with E-state index in [-0.39, 0.29) is 0 Å². The van der Waals surface area contributed by atoms with Gasteiger partial charge in [0.05, 0.1) is 0 Å². The summed E-state index contributed by atoms with van der Waals surface area (Å²) >= 11 is 0. The van der Waals surface area contributed by atoms with Crippen LogP contribution in [0.15, 0.2) is 0 Å². The summed E-state index contributed by atoms with van der Waals surface area (Å²) in [6, 6.07) is 0. The summed E-state index contributed by atoms with van der Waals surface area (Å²) in [5.41, 5.74) is 0. The fraction of sp³-hybridized carbons (Fsp3) is 1.00. The van der Waals surface area contributed by atoms with Crippen molar-refractivity contribution in [3.8, 4) is 0 Å². The summed E-state index contributed by atoms with van der Waals surface area (Å²) in [6.07, 6.45) is 9.13. The van der Waals surface area contributed by atoms with Crippen molar-refractivity contribution in [1.82, 2.24) is 0 Å². The van der Waals surface area contributed by atoms with Gasteiger partial charge < -0.3 is 0 Å². The van der Waals surface area contributed by atoms with Gasteiger partial charge in [-0.15, -0.1) is 0 Å². The van der Waals surface area contributed by atoms with E-state index in [9.17, 15) is 0 Å². The van der Waals surface area contributed by atoms with E-state index in [0.717, 1.165) is 24.4 Å². The molecular weight excluding hydrogens is 179 g/mol. The smallest absolute Gasteiger partial charge is 0.0732 e. The second-order valence-corrected chi connectivity index (χ2v) is 6.87. The average molecular weight is 206 g/mol. The van der Waals surface area contributed by atoms with Gasteiger partial charge in [-0.05, 0) is 11.8 Å². The minimum absolute atomic E-state index is 0.566. The molecule has 0 aromatic rings. The van der Waals surface area contributed by atoms with Gasteiger partial charge in [0.25, 0.3) is 0 Å². The normalized spacial score (nSPS) is 32.2. The first-order valence-electron chi connectivity index (χ1n) is 7.03. The van der Waals surface area contributed by atoms with Gasteiger partial charge in [-0.1, -0.05) is 77.3 Å². The van der Waals surface area contributed by atoms with Crippen LogP contribution in [0.5, 0.6) is 0 Å². The second kappa shape index (κ2) is 4.15. The predicted molar refractivity (Wildman–Crippen MR) is 69.8 cm³/mol. The van der Waals surface area contributed by atoms with Crippen molar-refractivity contribution in [3.05, 3.63) is 0 Å². The molecule has 0 radical (unpaired) electrons. The average Bonchev–Trinajstić information content (AvgIpc) is 2.61. The predicted octanol–water partition coefficient (Wildman–Crippen LogP) is 4.88. The number of fused-ring (bicyclic) bond motifs is 1. The van der Waals surface area contributed by atoms with Crippen LogP contribution in [-0.2, 0) is 0 Å². The fourth-order valence-corrected chi connectivity index (χ4v) is 4.08. The Bertz CT molecular complexity index is 219. The number of hydrogen-bond donors (Lipinski definition) is 0. The Morgan fingerprint density at radius 2 is 1.73 bits per heavy atom. The minimum Gasteiger partial charge on any atom is -0.0732 e. The van der Waals surface area contributed by atoms with Crippen molar-refractivity contribution >= 4 is 6.71 Å². The SMILES string of the molecule is CC(C)C(C)(C)B1CC[C@H]2CCCC[C@H]12. The van der Waals surface area contributed by atoms with E-state index in [2.05, 4.69) is 27.7 Å². The van der Waals surface area contributed by atoms with Crippen LogP contribution >= 0.6 is 0 Å². The molecular formula is C14H27B. The first kappa shape index (κ1) is 11.5. The Labute approximate surface area is 96.3 Å². The molecule has 1 heterocycles. The summed E-state index contributed by atoms with van der Waals surface area (Å²) in [7, 11) is 0. The van der Waals surface area contributed by atoms with Crippen molar-refractivity contribution in [2.45, 2.75) is 77.3 Å². The van der Waals surface area contributed by atoms with E-state index in [1.54, 1.807) is 0 Å². The molecule has 0 amide bonds. The zero-order chi connectivity index (χ0) is 11.1. The van der Waals surface area contributed by atoms with Crippen LogP contribution in [0.4, 0.5) is 0 Å². The van der Waals surface area contributed by atoms with Gasteiger partial charge in [-0.2, -0.15) is 0 Å². The molecule has 0 spiro atoms. The van der Waals surface area contributed by atoms with Gasteiger partial charge >= 0.3 is 0 Å². The van der Waals surface area contributed by atoms with E-state index in [1.807, 2.05) is 0 Å². The molecule has 1 aliphatic carbocycles. The van der Waals surface area contributed by atoms with Crippen molar-refractivity contribution in [3.63, 3.8) is 0 Å². The molecule has 0 aromatic carbocycles. The van der Waals surface area contributed by atoms with Crippen LogP contribution in [0.1, 0.15) is 59.8 Å². The molecule has 1 saturated carbocycles. The van der Waals surface area contributed by atoms with E-state index in [4.69, 9.17) is 0 Å². The summed E-state index contributed by atoms with van der Waals surface area (Å²) in [5, 5.41) is 0.566. The van der Waals surface area contributed by atoms with Gasteiger partial charge in [0, 0.05) is 0 Å². The van der Waals surface area contributed by atoms with Crippen LogP contribution in [0.2, 0.25) is 17.5 Å². The first-order valence-corrected chi connectivity index (χ1v) is 7.03. The van der Waals surface area contributed by atoms with Gasteiger partial charge in [0.2, 0.25) is 0 Å². The van der Waals surface area contributed by atoms with Gasteiger partial charge in [-0.25, -0.2) is 0 Å². The molecule has 2 fully saturated rings. The van der Waals surface area contributed by atoms with E-state index < -0.39 is 0 Å². The molecule has 1 saturated heterocycles. The van der Waals surface area contributed by atoms with Gasteiger partial charge in [-0.3, -0.25) is 0 Å². The quantitative estimate of drug-likeness (QED) is 0.564. The van der Waals surface area contributed by atoms with Gasteiger partial charge in [0.15, 0.2) is 0 Å². The maximum atomic E-state index is 2.51. The van der Waals surface area contributed by atoms with Crippen molar-refractivity contribution in [2.24, 2.45) is 11.8 Å². The van der Waals surface area contributed by atoms with Crippen LogP contribution in [0.3, 0.4) is 0 Å². The minimum atomic E-state index is 0.566. The molecule has 0 unspecified atom stereocenters. The molecule has 0 nitrogen and oxygen atoms in total. The highest BCUT2D eigenvalue weighted by molar-refractivity contribution is 6.64. The Hall–Kier alpha value is 0.0649. The topological polar surface area (TPSA) is 0 Å². The van der Waals surface area contributed by atoms with Crippen molar-refractivity contribution < 1.29 is 0 Å². The molecule has 0 N–H and O–H groups in total. The summed E-state index contributed by atoms with van der Waals surface area (Å²) in [4.78, 5) is 0. The molecule has 1 heteroatoms. The van der Waals surface area contributed by atoms with E-state index in [0.29, 0.717) is 5.31 Å². The van der Waals surface area contributed by atoms with E-state index >= 15 is 0 Å². The molecule has 2 atom stereocenters. The maximum Gasteiger partial charge on any atom is 0.149 e. The molecule has 0 bridgehead atoms. The highest BCUT2D eigenvalue weighted by atomic mass is 14.4. The molecule has 86 valence electrons. The third-order valence-corrected chi connectivity index (χ3v) is 5.78. The standard InChI is InChI=1S/C14H27B/c1-11(2)14(3,4)15-10-9-12-7-5-6-8-13(12)15/h11-13H,5-10H2,1-4H3/t12-,13+/m1/s1. The van der Waals surface area contributed by atoms with Crippen LogP contribution in [0, 0.1) is 11.8 Å². The Morgan fingerprint density at radius 3 is 2.40 bits per heavy atom. The summed E-state index contributed by atoms with van der Waals surface area (Å²) < 4.78 is 0. The third-order valence-electron chi connectivity index (χ3n) is 5.78. The molecule has 0 aromatic heterocycles. The zero-order valence-corrected chi connectivity index (χ0v) is 11.1. The monoisotopic (exact) mass is 206 g/mol. The molecule has 15 heavy (non-hydrogen) atoms. The lowest BCUT2D eigenvalue weighted by Gasteiger charge is -2.39. The fourth-order valence-electron chi connectivity index (χ4n) is 4.08. The highest BCUT2D eigenvalue weighted by Gasteiger charge is 2.47. The zero-order valence-electron chi connectivity index (χ0n) is 11.1. The molecule has 2 aliphatic rings. The van der Waals surface area contributed by atoms with Gasteiger partial charge in [0.1, 0.15) is 6.71 Å².